The van der Waals surface area contributed by atoms with Gasteiger partial charge in [-0.1, -0.05) is 12.8 Å². The fourth-order valence-corrected chi connectivity index (χ4v) is 1.69. The number of nitrogens with one attached hydrogen (secondary N) is 1. The van der Waals surface area contributed by atoms with E-state index in [1.165, 1.54) is 7.05 Å². The molecule has 0 heterocycles. The highest BCUT2D eigenvalue weighted by atomic mass is 16.5. The molecule has 1 amide bonds. The first-order valence-corrected chi connectivity index (χ1v) is 5.07. The lowest BCUT2D eigenvalue weighted by atomic mass is 10.1. The van der Waals surface area contributed by atoms with Gasteiger partial charge in [0.1, 0.15) is 0 Å². The fraction of sp³-hybridized carbons (Fsp3) is 0.800. The van der Waals surface area contributed by atoms with Gasteiger partial charge >= 0.3 is 5.97 Å². The molecule has 0 saturated heterocycles. The van der Waals surface area contributed by atoms with Crippen molar-refractivity contribution >= 4 is 11.9 Å². The maximum absolute atomic E-state index is 11.5. The predicted octanol–water partition coefficient (Wildman–Crippen LogP) is 0.854. The molecule has 80 valence electrons. The summed E-state index contributed by atoms with van der Waals surface area (Å²) in [4.78, 5) is 22.5. The zero-order chi connectivity index (χ0) is 10.6. The lowest BCUT2D eigenvalue weighted by molar-refractivity contribution is -0.158. The number of hydrogen-bond donors (Lipinski definition) is 1. The molecule has 1 fully saturated rings. The second-order valence-electron chi connectivity index (χ2n) is 3.67. The lowest BCUT2D eigenvalue weighted by Gasteiger charge is -2.14. The molecular weight excluding hydrogens is 182 g/mol. The smallest absolute Gasteiger partial charge is 0.309 e. The van der Waals surface area contributed by atoms with Crippen LogP contribution in [-0.4, -0.2) is 25.0 Å². The standard InChI is InChI=1S/C10H17NO3/c1-7(9(12)11-2)14-10(13)8-5-3-4-6-8/h7-8H,3-6H2,1-2H3,(H,11,12). The van der Waals surface area contributed by atoms with Gasteiger partial charge in [-0.2, -0.15) is 0 Å². The van der Waals surface area contributed by atoms with Gasteiger partial charge in [-0.25, -0.2) is 0 Å². The summed E-state index contributed by atoms with van der Waals surface area (Å²) in [5, 5.41) is 2.44. The third-order valence-electron chi connectivity index (χ3n) is 2.60. The minimum absolute atomic E-state index is 0.0158. The maximum atomic E-state index is 11.5. The molecule has 0 aliphatic heterocycles. The van der Waals surface area contributed by atoms with Crippen molar-refractivity contribution in [1.29, 1.82) is 0 Å². The summed E-state index contributed by atoms with van der Waals surface area (Å²) in [6.07, 6.45) is 3.31. The Kier molecular flexibility index (Phi) is 3.92. The Labute approximate surface area is 84.0 Å². The molecule has 4 nitrogen and oxygen atoms in total. The normalized spacial score (nSPS) is 19.0. The highest BCUT2D eigenvalue weighted by Crippen LogP contribution is 2.26. The van der Waals surface area contributed by atoms with Crippen LogP contribution in [0.4, 0.5) is 0 Å². The number of ether oxygens (including phenoxy) is 1. The summed E-state index contributed by atoms with van der Waals surface area (Å²) in [6, 6.07) is 0. The van der Waals surface area contributed by atoms with Crippen molar-refractivity contribution in [2.24, 2.45) is 5.92 Å². The van der Waals surface area contributed by atoms with Gasteiger partial charge in [0.25, 0.3) is 5.91 Å². The van der Waals surface area contributed by atoms with Crippen molar-refractivity contribution in [3.63, 3.8) is 0 Å². The zero-order valence-electron chi connectivity index (χ0n) is 8.71. The number of likely N-dealkylation sites (N-methyl/N-ethyl adjacent to an activating group) is 1. The number of amides is 1. The fourth-order valence-electron chi connectivity index (χ4n) is 1.69. The quantitative estimate of drug-likeness (QED) is 0.686. The molecule has 1 atom stereocenters. The second kappa shape index (κ2) is 4.98. The van der Waals surface area contributed by atoms with Crippen molar-refractivity contribution in [3.05, 3.63) is 0 Å². The van der Waals surface area contributed by atoms with E-state index in [0.717, 1.165) is 25.7 Å². The highest BCUT2D eigenvalue weighted by Gasteiger charge is 2.26. The van der Waals surface area contributed by atoms with Crippen LogP contribution in [0.2, 0.25) is 0 Å². The van der Waals surface area contributed by atoms with E-state index in [9.17, 15) is 9.59 Å². The third-order valence-corrected chi connectivity index (χ3v) is 2.60. The van der Waals surface area contributed by atoms with Crippen molar-refractivity contribution in [3.8, 4) is 0 Å². The van der Waals surface area contributed by atoms with Gasteiger partial charge in [-0.15, -0.1) is 0 Å². The van der Waals surface area contributed by atoms with E-state index >= 15 is 0 Å². The molecule has 1 aliphatic rings. The summed E-state index contributed by atoms with van der Waals surface area (Å²) in [6.45, 7) is 1.59. The largest absolute Gasteiger partial charge is 0.452 e. The van der Waals surface area contributed by atoms with E-state index in [-0.39, 0.29) is 17.8 Å². The van der Waals surface area contributed by atoms with Gasteiger partial charge in [0.2, 0.25) is 0 Å². The Hall–Kier alpha value is -1.06. The molecule has 1 unspecified atom stereocenters. The number of hydrogen-bond acceptors (Lipinski definition) is 3. The molecule has 0 aromatic carbocycles. The number of carbonyl (C=O) groups excluding carboxylic acids is 2. The van der Waals surface area contributed by atoms with Gasteiger partial charge in [0, 0.05) is 7.05 Å². The van der Waals surface area contributed by atoms with Crippen LogP contribution in [0.25, 0.3) is 0 Å². The average Bonchev–Trinajstić information content (AvgIpc) is 2.69. The zero-order valence-corrected chi connectivity index (χ0v) is 8.71. The molecule has 1 aliphatic carbocycles. The summed E-state index contributed by atoms with van der Waals surface area (Å²) >= 11 is 0. The van der Waals surface area contributed by atoms with Crippen LogP contribution >= 0.6 is 0 Å². The summed E-state index contributed by atoms with van der Waals surface area (Å²) in [5.74, 6) is -0.461. The van der Waals surface area contributed by atoms with Crippen LogP contribution in [0, 0.1) is 5.92 Å². The molecule has 14 heavy (non-hydrogen) atoms. The number of rotatable bonds is 3. The van der Waals surface area contributed by atoms with E-state index in [0.29, 0.717) is 0 Å². The first-order valence-electron chi connectivity index (χ1n) is 5.07. The van der Waals surface area contributed by atoms with Crippen molar-refractivity contribution in [1.82, 2.24) is 5.32 Å². The van der Waals surface area contributed by atoms with E-state index in [1.54, 1.807) is 6.92 Å². The van der Waals surface area contributed by atoms with Crippen molar-refractivity contribution < 1.29 is 14.3 Å². The molecule has 1 rings (SSSR count). The van der Waals surface area contributed by atoms with E-state index in [4.69, 9.17) is 4.74 Å². The van der Waals surface area contributed by atoms with Gasteiger partial charge in [0.15, 0.2) is 6.10 Å². The summed E-state index contributed by atoms with van der Waals surface area (Å²) < 4.78 is 5.04. The SMILES string of the molecule is CNC(=O)C(C)OC(=O)C1CCCC1. The molecule has 0 spiro atoms. The average molecular weight is 199 g/mol. The van der Waals surface area contributed by atoms with Crippen molar-refractivity contribution in [2.45, 2.75) is 38.7 Å². The molecule has 0 aromatic heterocycles. The Morgan fingerprint density at radius 1 is 1.36 bits per heavy atom. The Balaban J connectivity index is 2.35. The Bertz CT molecular complexity index is 221. The minimum Gasteiger partial charge on any atom is -0.452 e. The number of esters is 1. The molecule has 0 aromatic rings. The third kappa shape index (κ3) is 2.72. The highest BCUT2D eigenvalue weighted by molar-refractivity contribution is 5.83. The summed E-state index contributed by atoms with van der Waals surface area (Å²) in [5.41, 5.74) is 0. The maximum Gasteiger partial charge on any atom is 0.309 e. The van der Waals surface area contributed by atoms with Crippen LogP contribution in [0.5, 0.6) is 0 Å². The molecule has 0 bridgehead atoms. The van der Waals surface area contributed by atoms with Crippen LogP contribution in [-0.2, 0) is 14.3 Å². The van der Waals surface area contributed by atoms with Gasteiger partial charge in [-0.05, 0) is 19.8 Å². The molecule has 1 N–H and O–H groups in total. The lowest BCUT2D eigenvalue weighted by Crippen LogP contribution is -2.34. The predicted molar refractivity (Wildman–Crippen MR) is 51.6 cm³/mol. The summed E-state index contributed by atoms with van der Waals surface area (Å²) in [7, 11) is 1.53. The Morgan fingerprint density at radius 3 is 2.43 bits per heavy atom. The Morgan fingerprint density at radius 2 is 1.93 bits per heavy atom. The van der Waals surface area contributed by atoms with Crippen molar-refractivity contribution in [2.75, 3.05) is 7.05 Å². The number of carbonyl (C=O) groups is 2. The van der Waals surface area contributed by atoms with Gasteiger partial charge < -0.3 is 10.1 Å². The van der Waals surface area contributed by atoms with Gasteiger partial charge in [0.05, 0.1) is 5.92 Å². The molecular formula is C10H17NO3. The first kappa shape index (κ1) is 11.0. The van der Waals surface area contributed by atoms with Crippen LogP contribution in [0.1, 0.15) is 32.6 Å². The first-order chi connectivity index (χ1) is 6.65. The van der Waals surface area contributed by atoms with Crippen LogP contribution in [0.15, 0.2) is 0 Å². The molecule has 4 heteroatoms. The molecule has 1 saturated carbocycles. The molecule has 0 radical (unpaired) electrons. The van der Waals surface area contributed by atoms with Crippen LogP contribution in [0.3, 0.4) is 0 Å². The topological polar surface area (TPSA) is 55.4 Å². The monoisotopic (exact) mass is 199 g/mol. The second-order valence-corrected chi connectivity index (χ2v) is 3.67. The van der Waals surface area contributed by atoms with E-state index in [2.05, 4.69) is 5.32 Å². The minimum atomic E-state index is -0.673. The van der Waals surface area contributed by atoms with E-state index < -0.39 is 6.10 Å². The van der Waals surface area contributed by atoms with E-state index in [1.807, 2.05) is 0 Å². The van der Waals surface area contributed by atoms with Gasteiger partial charge in [-0.3, -0.25) is 9.59 Å². The van der Waals surface area contributed by atoms with Crippen LogP contribution < -0.4 is 5.32 Å².